The number of hydrogen-bond donors (Lipinski definition) is 2. The lowest BCUT2D eigenvalue weighted by atomic mass is 10.0. The summed E-state index contributed by atoms with van der Waals surface area (Å²) in [7, 11) is 1.49. The Hall–Kier alpha value is -1.85. The maximum atomic E-state index is 12.1. The number of carbonyl (C=O) groups excluding carboxylic acids is 1. The third-order valence-electron chi connectivity index (χ3n) is 2.66. The molecule has 6 nitrogen and oxygen atoms in total. The van der Waals surface area contributed by atoms with Crippen LogP contribution >= 0.6 is 0 Å². The molecule has 1 aromatic rings. The van der Waals surface area contributed by atoms with Gasteiger partial charge in [-0.1, -0.05) is 13.8 Å². The van der Waals surface area contributed by atoms with Crippen LogP contribution in [0.5, 0.6) is 0 Å². The first-order valence-corrected chi connectivity index (χ1v) is 5.36. The number of aromatic nitrogens is 2. The number of aromatic amines is 1. The number of H-pyrrole nitrogens is 1. The minimum Gasteiger partial charge on any atom is -0.480 e. The van der Waals surface area contributed by atoms with Gasteiger partial charge in [0.1, 0.15) is 11.7 Å². The maximum absolute atomic E-state index is 12.1. The van der Waals surface area contributed by atoms with Gasteiger partial charge in [-0.15, -0.1) is 0 Å². The fourth-order valence-corrected chi connectivity index (χ4v) is 1.76. The lowest BCUT2D eigenvalue weighted by Crippen LogP contribution is -2.45. The van der Waals surface area contributed by atoms with E-state index in [1.165, 1.54) is 18.1 Å². The molecule has 1 amide bonds. The molecule has 1 unspecified atom stereocenters. The molecule has 0 fully saturated rings. The van der Waals surface area contributed by atoms with Gasteiger partial charge in [-0.25, -0.2) is 4.79 Å². The summed E-state index contributed by atoms with van der Waals surface area (Å²) >= 11 is 0. The maximum Gasteiger partial charge on any atom is 0.326 e. The average Bonchev–Trinajstić information content (AvgIpc) is 2.62. The van der Waals surface area contributed by atoms with E-state index in [4.69, 9.17) is 5.11 Å². The number of nitrogens with one attached hydrogen (secondary N) is 1. The Labute approximate surface area is 99.6 Å². The zero-order chi connectivity index (χ0) is 13.2. The molecular weight excluding hydrogens is 222 g/mol. The summed E-state index contributed by atoms with van der Waals surface area (Å²) < 4.78 is 0. The van der Waals surface area contributed by atoms with Crippen LogP contribution in [0.3, 0.4) is 0 Å². The molecule has 6 heteroatoms. The number of carboxylic acid groups (broad SMARTS) is 1. The van der Waals surface area contributed by atoms with Crippen molar-refractivity contribution < 1.29 is 14.7 Å². The van der Waals surface area contributed by atoms with Crippen molar-refractivity contribution in [1.29, 1.82) is 0 Å². The molecule has 2 N–H and O–H groups in total. The van der Waals surface area contributed by atoms with Crippen LogP contribution in [0.25, 0.3) is 0 Å². The van der Waals surface area contributed by atoms with E-state index in [-0.39, 0.29) is 11.8 Å². The van der Waals surface area contributed by atoms with E-state index in [0.717, 1.165) is 0 Å². The summed E-state index contributed by atoms with van der Waals surface area (Å²) in [6.07, 6.45) is 1.53. The summed E-state index contributed by atoms with van der Waals surface area (Å²) in [5.74, 6) is -1.53. The van der Waals surface area contributed by atoms with Gasteiger partial charge in [-0.05, 0) is 18.4 Å². The van der Waals surface area contributed by atoms with E-state index in [1.54, 1.807) is 20.8 Å². The lowest BCUT2D eigenvalue weighted by Gasteiger charge is -2.27. The summed E-state index contributed by atoms with van der Waals surface area (Å²) in [5, 5.41) is 15.4. The fourth-order valence-electron chi connectivity index (χ4n) is 1.76. The second kappa shape index (κ2) is 4.99. The van der Waals surface area contributed by atoms with Crippen molar-refractivity contribution in [2.75, 3.05) is 7.05 Å². The summed E-state index contributed by atoms with van der Waals surface area (Å²) in [6.45, 7) is 5.28. The smallest absolute Gasteiger partial charge is 0.326 e. The molecule has 0 aromatic carbocycles. The van der Waals surface area contributed by atoms with E-state index in [2.05, 4.69) is 10.2 Å². The Bertz CT molecular complexity index is 425. The minimum atomic E-state index is -1.01. The summed E-state index contributed by atoms with van der Waals surface area (Å²) in [6, 6.07) is -0.842. The molecule has 0 saturated carbocycles. The Kier molecular flexibility index (Phi) is 3.88. The van der Waals surface area contributed by atoms with E-state index in [9.17, 15) is 9.59 Å². The number of carbonyl (C=O) groups is 2. The predicted octanol–water partition coefficient (Wildman–Crippen LogP) is 0.899. The SMILES string of the molecule is Cc1cn[nH]c1C(=O)N(C)C(C(=O)O)C(C)C. The second-order valence-electron chi connectivity index (χ2n) is 4.37. The highest BCUT2D eigenvalue weighted by Gasteiger charge is 2.31. The van der Waals surface area contributed by atoms with Gasteiger partial charge in [0.05, 0.1) is 6.20 Å². The first kappa shape index (κ1) is 13.2. The Balaban J connectivity index is 2.96. The van der Waals surface area contributed by atoms with Gasteiger partial charge >= 0.3 is 5.97 Å². The molecule has 94 valence electrons. The van der Waals surface area contributed by atoms with E-state index >= 15 is 0 Å². The predicted molar refractivity (Wildman–Crippen MR) is 61.7 cm³/mol. The van der Waals surface area contributed by atoms with Crippen molar-refractivity contribution in [2.24, 2.45) is 5.92 Å². The molecule has 1 heterocycles. The molecule has 1 rings (SSSR count). The number of likely N-dealkylation sites (N-methyl/N-ethyl adjacent to an activating group) is 1. The Morgan fingerprint density at radius 2 is 2.06 bits per heavy atom. The van der Waals surface area contributed by atoms with Crippen LogP contribution in [0.2, 0.25) is 0 Å². The van der Waals surface area contributed by atoms with E-state index in [0.29, 0.717) is 11.3 Å². The number of aliphatic carboxylic acids is 1. The zero-order valence-electron chi connectivity index (χ0n) is 10.4. The standard InChI is InChI=1S/C11H17N3O3/c1-6(2)9(11(16)17)14(4)10(15)8-7(3)5-12-13-8/h5-6,9H,1-4H3,(H,12,13)(H,16,17). The van der Waals surface area contributed by atoms with Gasteiger partial charge in [0, 0.05) is 7.05 Å². The van der Waals surface area contributed by atoms with Gasteiger partial charge in [0.15, 0.2) is 0 Å². The number of aryl methyl sites for hydroxylation is 1. The quantitative estimate of drug-likeness (QED) is 0.817. The molecule has 1 aromatic heterocycles. The molecule has 0 spiro atoms. The van der Waals surface area contributed by atoms with Crippen LogP contribution in [-0.2, 0) is 4.79 Å². The van der Waals surface area contributed by atoms with Crippen molar-refractivity contribution in [1.82, 2.24) is 15.1 Å². The second-order valence-corrected chi connectivity index (χ2v) is 4.37. The first-order valence-electron chi connectivity index (χ1n) is 5.36. The first-order chi connectivity index (χ1) is 7.86. The average molecular weight is 239 g/mol. The molecule has 0 aliphatic heterocycles. The zero-order valence-corrected chi connectivity index (χ0v) is 10.4. The van der Waals surface area contributed by atoms with Crippen molar-refractivity contribution in [3.05, 3.63) is 17.5 Å². The topological polar surface area (TPSA) is 86.3 Å². The van der Waals surface area contributed by atoms with Crippen LogP contribution in [-0.4, -0.2) is 45.2 Å². The van der Waals surface area contributed by atoms with Crippen molar-refractivity contribution in [3.8, 4) is 0 Å². The highest BCUT2D eigenvalue weighted by molar-refractivity contribution is 5.95. The Morgan fingerprint density at radius 1 is 1.47 bits per heavy atom. The van der Waals surface area contributed by atoms with Crippen molar-refractivity contribution in [2.45, 2.75) is 26.8 Å². The Morgan fingerprint density at radius 3 is 2.41 bits per heavy atom. The largest absolute Gasteiger partial charge is 0.480 e. The molecule has 0 aliphatic rings. The van der Waals surface area contributed by atoms with Crippen LogP contribution in [0, 0.1) is 12.8 Å². The fraction of sp³-hybridized carbons (Fsp3) is 0.545. The number of nitrogens with zero attached hydrogens (tertiary/aromatic N) is 2. The van der Waals surface area contributed by atoms with Gasteiger partial charge in [0.25, 0.3) is 5.91 Å². The van der Waals surface area contributed by atoms with Gasteiger partial charge < -0.3 is 10.0 Å². The monoisotopic (exact) mass is 239 g/mol. The van der Waals surface area contributed by atoms with Gasteiger partial charge in [-0.3, -0.25) is 9.89 Å². The normalized spacial score (nSPS) is 12.5. The highest BCUT2D eigenvalue weighted by atomic mass is 16.4. The molecule has 17 heavy (non-hydrogen) atoms. The van der Waals surface area contributed by atoms with E-state index in [1.807, 2.05) is 0 Å². The molecule has 0 aliphatic carbocycles. The van der Waals surface area contributed by atoms with Crippen LogP contribution < -0.4 is 0 Å². The third kappa shape index (κ3) is 2.64. The lowest BCUT2D eigenvalue weighted by molar-refractivity contribution is -0.143. The highest BCUT2D eigenvalue weighted by Crippen LogP contribution is 2.14. The summed E-state index contributed by atoms with van der Waals surface area (Å²) in [4.78, 5) is 24.4. The number of amides is 1. The molecule has 0 radical (unpaired) electrons. The molecule has 0 saturated heterocycles. The van der Waals surface area contributed by atoms with Crippen LogP contribution in [0.1, 0.15) is 29.9 Å². The van der Waals surface area contributed by atoms with Crippen LogP contribution in [0.15, 0.2) is 6.20 Å². The third-order valence-corrected chi connectivity index (χ3v) is 2.66. The van der Waals surface area contributed by atoms with Crippen molar-refractivity contribution in [3.63, 3.8) is 0 Å². The van der Waals surface area contributed by atoms with E-state index < -0.39 is 12.0 Å². The van der Waals surface area contributed by atoms with Crippen molar-refractivity contribution >= 4 is 11.9 Å². The molecule has 1 atom stereocenters. The number of carboxylic acids is 1. The van der Waals surface area contributed by atoms with Gasteiger partial charge in [0.2, 0.25) is 0 Å². The minimum absolute atomic E-state index is 0.162. The van der Waals surface area contributed by atoms with Gasteiger partial charge in [-0.2, -0.15) is 5.10 Å². The molecule has 0 bridgehead atoms. The number of rotatable bonds is 4. The molecular formula is C11H17N3O3. The number of hydrogen-bond acceptors (Lipinski definition) is 3. The van der Waals surface area contributed by atoms with Crippen LogP contribution in [0.4, 0.5) is 0 Å². The summed E-state index contributed by atoms with van der Waals surface area (Å²) in [5.41, 5.74) is 1.04.